The number of aryl methyl sites for hydroxylation is 1. The van der Waals surface area contributed by atoms with E-state index in [0.29, 0.717) is 37.2 Å². The molecule has 36 heavy (non-hydrogen) atoms. The highest BCUT2D eigenvalue weighted by Crippen LogP contribution is 2.26. The molecular weight excluding hydrogens is 454 g/mol. The molecule has 0 saturated carbocycles. The van der Waals surface area contributed by atoms with Crippen molar-refractivity contribution in [1.29, 1.82) is 10.5 Å². The number of carbonyl (C=O) groups excluding carboxylic acids is 1. The van der Waals surface area contributed by atoms with E-state index in [4.69, 9.17) is 15.5 Å². The van der Waals surface area contributed by atoms with Gasteiger partial charge in [0.15, 0.2) is 0 Å². The molecule has 2 fully saturated rings. The Kier molecular flexibility index (Phi) is 6.61. The molecule has 5 rings (SSSR count). The highest BCUT2D eigenvalue weighted by Gasteiger charge is 2.31. The van der Waals surface area contributed by atoms with Crippen LogP contribution in [-0.2, 0) is 0 Å². The Morgan fingerprint density at radius 1 is 1.14 bits per heavy atom. The van der Waals surface area contributed by atoms with Crippen molar-refractivity contribution in [2.24, 2.45) is 5.92 Å². The molecule has 1 N–H and O–H groups in total. The molecular formula is C26H27N9O. The van der Waals surface area contributed by atoms with Crippen LogP contribution in [0.25, 0.3) is 11.3 Å². The minimum Gasteiger partial charge on any atom is -0.336 e. The number of nitrogens with one attached hydrogen (secondary N) is 1. The lowest BCUT2D eigenvalue weighted by Gasteiger charge is -2.35. The van der Waals surface area contributed by atoms with Gasteiger partial charge in [0, 0.05) is 49.7 Å². The molecule has 0 radical (unpaired) electrons. The summed E-state index contributed by atoms with van der Waals surface area (Å²) < 4.78 is 1.98. The standard InChI is InChI=1S/C26H27N9O/c1-18-13-29-26(31-22-14-30-35(17-22)23-6-9-33(10-7-23)11-8-27)32-24(18)20-2-4-21(5-3-20)25(36)34-15-19(12-28)16-34/h2-5,13-14,17,19,23H,6-7,9-11,15-16H2,1H3,(H,29,31,32). The molecule has 2 aromatic heterocycles. The van der Waals surface area contributed by atoms with Gasteiger partial charge in [-0.1, -0.05) is 12.1 Å². The quantitative estimate of drug-likeness (QED) is 0.532. The maximum atomic E-state index is 12.6. The second-order valence-corrected chi connectivity index (χ2v) is 9.34. The Morgan fingerprint density at radius 2 is 1.89 bits per heavy atom. The molecule has 1 amide bonds. The van der Waals surface area contributed by atoms with Gasteiger partial charge in [0.1, 0.15) is 0 Å². The van der Waals surface area contributed by atoms with Gasteiger partial charge < -0.3 is 10.2 Å². The van der Waals surface area contributed by atoms with Crippen molar-refractivity contribution in [3.8, 4) is 23.4 Å². The molecule has 0 unspecified atom stereocenters. The second kappa shape index (κ2) is 10.1. The summed E-state index contributed by atoms with van der Waals surface area (Å²) in [6.07, 6.45) is 7.45. The zero-order chi connectivity index (χ0) is 25.1. The van der Waals surface area contributed by atoms with Gasteiger partial charge in [0.2, 0.25) is 5.95 Å². The minimum absolute atomic E-state index is 0.0532. The zero-order valence-electron chi connectivity index (χ0n) is 20.1. The fourth-order valence-electron chi connectivity index (χ4n) is 4.65. The van der Waals surface area contributed by atoms with Crippen LogP contribution in [0.1, 0.15) is 34.8 Å². The number of anilines is 2. The summed E-state index contributed by atoms with van der Waals surface area (Å²) in [4.78, 5) is 25.6. The summed E-state index contributed by atoms with van der Waals surface area (Å²) in [6.45, 7) is 5.22. The van der Waals surface area contributed by atoms with E-state index in [0.717, 1.165) is 48.4 Å². The van der Waals surface area contributed by atoms with Gasteiger partial charge in [-0.3, -0.25) is 14.4 Å². The van der Waals surface area contributed by atoms with Crippen LogP contribution in [0.2, 0.25) is 0 Å². The lowest BCUT2D eigenvalue weighted by molar-refractivity contribution is 0.0577. The van der Waals surface area contributed by atoms with Crippen molar-refractivity contribution in [3.05, 3.63) is 54.0 Å². The maximum absolute atomic E-state index is 12.6. The van der Waals surface area contributed by atoms with Crippen molar-refractivity contribution < 1.29 is 4.79 Å². The molecule has 10 nitrogen and oxygen atoms in total. The number of rotatable bonds is 6. The molecule has 0 spiro atoms. The number of piperidine rings is 1. The first kappa shape index (κ1) is 23.5. The van der Waals surface area contributed by atoms with Crippen molar-refractivity contribution in [2.75, 3.05) is 38.0 Å². The third-order valence-electron chi connectivity index (χ3n) is 6.81. The van der Waals surface area contributed by atoms with Crippen molar-refractivity contribution in [2.45, 2.75) is 25.8 Å². The fourth-order valence-corrected chi connectivity index (χ4v) is 4.65. The summed E-state index contributed by atoms with van der Waals surface area (Å²) >= 11 is 0. The largest absolute Gasteiger partial charge is 0.336 e. The number of amides is 1. The number of nitrogens with zero attached hydrogens (tertiary/aromatic N) is 8. The lowest BCUT2D eigenvalue weighted by Crippen LogP contribution is -2.49. The minimum atomic E-state index is -0.0580. The summed E-state index contributed by atoms with van der Waals surface area (Å²) in [5.74, 6) is 0.363. The smallest absolute Gasteiger partial charge is 0.253 e. The molecule has 4 heterocycles. The van der Waals surface area contributed by atoms with E-state index in [2.05, 4.69) is 32.4 Å². The third kappa shape index (κ3) is 4.90. The van der Waals surface area contributed by atoms with E-state index in [-0.39, 0.29) is 11.8 Å². The summed E-state index contributed by atoms with van der Waals surface area (Å²) in [5.41, 5.74) is 4.03. The van der Waals surface area contributed by atoms with Gasteiger partial charge in [-0.15, -0.1) is 0 Å². The van der Waals surface area contributed by atoms with Crippen LogP contribution in [0.4, 0.5) is 11.6 Å². The number of carbonyl (C=O) groups is 1. The summed E-state index contributed by atoms with van der Waals surface area (Å²) in [7, 11) is 0. The first-order valence-corrected chi connectivity index (χ1v) is 12.1. The number of hydrogen-bond donors (Lipinski definition) is 1. The topological polar surface area (TPSA) is 127 Å². The molecule has 0 atom stereocenters. The molecule has 2 aliphatic heterocycles. The number of hydrogen-bond acceptors (Lipinski definition) is 8. The van der Waals surface area contributed by atoms with Crippen LogP contribution >= 0.6 is 0 Å². The van der Waals surface area contributed by atoms with Crippen molar-refractivity contribution in [3.63, 3.8) is 0 Å². The van der Waals surface area contributed by atoms with Gasteiger partial charge in [-0.2, -0.15) is 15.6 Å². The fraction of sp³-hybridized carbons (Fsp3) is 0.385. The Labute approximate surface area is 209 Å². The highest BCUT2D eigenvalue weighted by molar-refractivity contribution is 5.95. The number of benzene rings is 1. The van der Waals surface area contributed by atoms with Gasteiger partial charge in [0.25, 0.3) is 5.91 Å². The summed E-state index contributed by atoms with van der Waals surface area (Å²) in [6, 6.07) is 12.1. The van der Waals surface area contributed by atoms with Crippen LogP contribution in [0.15, 0.2) is 42.9 Å². The molecule has 3 aromatic rings. The van der Waals surface area contributed by atoms with Gasteiger partial charge in [-0.05, 0) is 37.5 Å². The van der Waals surface area contributed by atoms with Crippen molar-refractivity contribution in [1.82, 2.24) is 29.5 Å². The van der Waals surface area contributed by atoms with Crippen LogP contribution in [0, 0.1) is 35.5 Å². The van der Waals surface area contributed by atoms with E-state index in [1.165, 1.54) is 0 Å². The molecule has 2 aliphatic rings. The molecule has 0 aliphatic carbocycles. The summed E-state index contributed by atoms with van der Waals surface area (Å²) in [5, 5.41) is 25.6. The maximum Gasteiger partial charge on any atom is 0.253 e. The lowest BCUT2D eigenvalue weighted by atomic mass is 10.00. The Hall–Kier alpha value is -4.28. The Bertz CT molecular complexity index is 1320. The van der Waals surface area contributed by atoms with Crippen LogP contribution in [-0.4, -0.2) is 68.2 Å². The molecule has 182 valence electrons. The van der Waals surface area contributed by atoms with Crippen LogP contribution in [0.3, 0.4) is 0 Å². The Morgan fingerprint density at radius 3 is 2.58 bits per heavy atom. The van der Waals surface area contributed by atoms with E-state index < -0.39 is 0 Å². The average molecular weight is 482 g/mol. The second-order valence-electron chi connectivity index (χ2n) is 9.34. The number of likely N-dealkylation sites (tertiary alicyclic amines) is 2. The molecule has 0 bridgehead atoms. The van der Waals surface area contributed by atoms with E-state index in [1.54, 1.807) is 29.4 Å². The predicted molar refractivity (Wildman–Crippen MR) is 133 cm³/mol. The average Bonchev–Trinajstić information content (AvgIpc) is 3.34. The molecule has 1 aromatic carbocycles. The predicted octanol–water partition coefficient (Wildman–Crippen LogP) is 3.15. The monoisotopic (exact) mass is 481 g/mol. The van der Waals surface area contributed by atoms with E-state index in [9.17, 15) is 4.79 Å². The van der Waals surface area contributed by atoms with Gasteiger partial charge >= 0.3 is 0 Å². The first-order chi connectivity index (χ1) is 17.5. The normalized spacial score (nSPS) is 16.7. The van der Waals surface area contributed by atoms with Crippen LogP contribution < -0.4 is 5.32 Å². The van der Waals surface area contributed by atoms with Gasteiger partial charge in [0.05, 0.1) is 48.2 Å². The SMILES string of the molecule is Cc1cnc(Nc2cnn(C3CCN(CC#N)CC3)c2)nc1-c1ccc(C(=O)N2CC(C#N)C2)cc1. The molecule has 2 saturated heterocycles. The molecule has 10 heteroatoms. The number of aromatic nitrogens is 4. The van der Waals surface area contributed by atoms with E-state index in [1.807, 2.05) is 29.9 Å². The van der Waals surface area contributed by atoms with Gasteiger partial charge in [-0.25, -0.2) is 9.97 Å². The third-order valence-corrected chi connectivity index (χ3v) is 6.81. The van der Waals surface area contributed by atoms with E-state index >= 15 is 0 Å². The Balaban J connectivity index is 1.25. The highest BCUT2D eigenvalue weighted by atomic mass is 16.2. The number of nitriles is 2. The first-order valence-electron chi connectivity index (χ1n) is 12.1. The zero-order valence-corrected chi connectivity index (χ0v) is 20.1. The van der Waals surface area contributed by atoms with Crippen molar-refractivity contribution >= 4 is 17.5 Å². The van der Waals surface area contributed by atoms with Crippen LogP contribution in [0.5, 0.6) is 0 Å².